The smallest absolute Gasteiger partial charge is 0.161 e. The van der Waals surface area contributed by atoms with Gasteiger partial charge in [0.1, 0.15) is 6.29 Å². The van der Waals surface area contributed by atoms with Crippen molar-refractivity contribution in [1.29, 1.82) is 0 Å². The molecule has 1 rings (SSSR count). The third-order valence-corrected chi connectivity index (χ3v) is 1.78. The minimum Gasteiger partial charge on any atom is -0.504 e. The predicted octanol–water partition coefficient (Wildman–Crippen LogP) is 1.98. The van der Waals surface area contributed by atoms with Crippen molar-refractivity contribution in [3.8, 4) is 11.5 Å². The first-order valence-corrected chi connectivity index (χ1v) is 4.87. The van der Waals surface area contributed by atoms with Crippen LogP contribution >= 0.6 is 15.9 Å². The van der Waals surface area contributed by atoms with Crippen LogP contribution in [0.4, 0.5) is 0 Å². The third kappa shape index (κ3) is 2.73. The average molecular weight is 245 g/mol. The molecule has 0 heterocycles. The van der Waals surface area contributed by atoms with Gasteiger partial charge >= 0.3 is 0 Å². The van der Waals surface area contributed by atoms with Crippen molar-refractivity contribution in [2.45, 2.75) is 0 Å². The first-order valence-electron chi connectivity index (χ1n) is 3.75. The average Bonchev–Trinajstić information content (AvgIpc) is 2.17. The number of hydrogen-bond donors (Lipinski definition) is 1. The van der Waals surface area contributed by atoms with Gasteiger partial charge in [0, 0.05) is 10.9 Å². The van der Waals surface area contributed by atoms with Crippen LogP contribution in [0.1, 0.15) is 10.4 Å². The van der Waals surface area contributed by atoms with E-state index >= 15 is 0 Å². The van der Waals surface area contributed by atoms with Gasteiger partial charge < -0.3 is 9.84 Å². The summed E-state index contributed by atoms with van der Waals surface area (Å²) in [5.74, 6) is 0.385. The maximum atomic E-state index is 10.4. The van der Waals surface area contributed by atoms with E-state index in [-0.39, 0.29) is 5.75 Å². The maximum Gasteiger partial charge on any atom is 0.161 e. The fourth-order valence-electron chi connectivity index (χ4n) is 0.868. The Morgan fingerprint density at radius 2 is 2.31 bits per heavy atom. The molecule has 0 amide bonds. The molecule has 0 aliphatic heterocycles. The minimum absolute atomic E-state index is 0.0477. The van der Waals surface area contributed by atoms with Crippen molar-refractivity contribution in [3.63, 3.8) is 0 Å². The number of rotatable bonds is 4. The number of aldehydes is 1. The summed E-state index contributed by atoms with van der Waals surface area (Å²) in [5.41, 5.74) is 0.488. The molecule has 13 heavy (non-hydrogen) atoms. The fraction of sp³-hybridized carbons (Fsp3) is 0.222. The van der Waals surface area contributed by atoms with E-state index in [0.717, 1.165) is 0 Å². The fourth-order valence-corrected chi connectivity index (χ4v) is 1.03. The number of carbonyl (C=O) groups is 1. The van der Waals surface area contributed by atoms with E-state index in [1.807, 2.05) is 0 Å². The molecule has 0 fully saturated rings. The Morgan fingerprint density at radius 1 is 1.54 bits per heavy atom. The Kier molecular flexibility index (Phi) is 3.76. The topological polar surface area (TPSA) is 46.5 Å². The zero-order valence-corrected chi connectivity index (χ0v) is 8.45. The van der Waals surface area contributed by atoms with Crippen LogP contribution in [0.15, 0.2) is 18.2 Å². The lowest BCUT2D eigenvalue weighted by Crippen LogP contribution is -1.98. The number of hydrogen-bond acceptors (Lipinski definition) is 3. The van der Waals surface area contributed by atoms with E-state index in [9.17, 15) is 9.90 Å². The summed E-state index contributed by atoms with van der Waals surface area (Å²) >= 11 is 3.19. The lowest BCUT2D eigenvalue weighted by molar-refractivity contribution is 0.112. The molecule has 0 saturated carbocycles. The van der Waals surface area contributed by atoms with E-state index in [4.69, 9.17) is 4.74 Å². The van der Waals surface area contributed by atoms with Crippen LogP contribution in [0.2, 0.25) is 0 Å². The molecule has 1 aromatic carbocycles. The number of carbonyl (C=O) groups excluding carboxylic acids is 1. The molecule has 1 N–H and O–H groups in total. The second kappa shape index (κ2) is 4.87. The van der Waals surface area contributed by atoms with Gasteiger partial charge in [-0.2, -0.15) is 0 Å². The highest BCUT2D eigenvalue weighted by molar-refractivity contribution is 9.09. The molecule has 0 aromatic heterocycles. The van der Waals surface area contributed by atoms with Gasteiger partial charge in [0.2, 0.25) is 0 Å². The standard InChI is InChI=1S/C9H9BrO3/c10-3-4-13-9-5-7(6-11)1-2-8(9)12/h1-2,5-6,12H,3-4H2. The van der Waals surface area contributed by atoms with Crippen LogP contribution < -0.4 is 4.74 Å². The zero-order chi connectivity index (χ0) is 9.68. The van der Waals surface area contributed by atoms with Gasteiger partial charge in [0.15, 0.2) is 11.5 Å². The molecule has 0 spiro atoms. The SMILES string of the molecule is O=Cc1ccc(O)c(OCCBr)c1. The molecular formula is C9H9BrO3. The monoisotopic (exact) mass is 244 g/mol. The Hall–Kier alpha value is -1.03. The lowest BCUT2D eigenvalue weighted by Gasteiger charge is -2.06. The summed E-state index contributed by atoms with van der Waals surface area (Å²) in [4.78, 5) is 10.4. The Balaban J connectivity index is 2.83. The minimum atomic E-state index is 0.0477. The van der Waals surface area contributed by atoms with Crippen molar-refractivity contribution in [2.75, 3.05) is 11.9 Å². The summed E-state index contributed by atoms with van der Waals surface area (Å²) in [6, 6.07) is 4.47. The molecule has 0 aliphatic rings. The number of aromatic hydroxyl groups is 1. The third-order valence-electron chi connectivity index (χ3n) is 1.45. The molecule has 0 atom stereocenters. The van der Waals surface area contributed by atoms with Crippen molar-refractivity contribution in [2.24, 2.45) is 0 Å². The number of phenolic OH excluding ortho intramolecular Hbond substituents is 1. The second-order valence-electron chi connectivity index (χ2n) is 2.38. The van der Waals surface area contributed by atoms with Gasteiger partial charge in [0.25, 0.3) is 0 Å². The van der Waals surface area contributed by atoms with Crippen molar-refractivity contribution >= 4 is 22.2 Å². The van der Waals surface area contributed by atoms with E-state index in [1.54, 1.807) is 0 Å². The van der Waals surface area contributed by atoms with Crippen LogP contribution in [0.25, 0.3) is 0 Å². The van der Waals surface area contributed by atoms with Gasteiger partial charge in [-0.3, -0.25) is 4.79 Å². The highest BCUT2D eigenvalue weighted by atomic mass is 79.9. The van der Waals surface area contributed by atoms with Gasteiger partial charge in [-0.25, -0.2) is 0 Å². The van der Waals surface area contributed by atoms with Crippen molar-refractivity contribution in [3.05, 3.63) is 23.8 Å². The number of halogens is 1. The molecule has 0 unspecified atom stereocenters. The van der Waals surface area contributed by atoms with Gasteiger partial charge in [-0.15, -0.1) is 0 Å². The van der Waals surface area contributed by atoms with Crippen molar-refractivity contribution in [1.82, 2.24) is 0 Å². The molecular weight excluding hydrogens is 236 g/mol. The molecule has 0 bridgehead atoms. The van der Waals surface area contributed by atoms with Gasteiger partial charge in [-0.1, -0.05) is 15.9 Å². The zero-order valence-electron chi connectivity index (χ0n) is 6.87. The highest BCUT2D eigenvalue weighted by Gasteiger charge is 2.02. The Labute approximate surface area is 84.5 Å². The van der Waals surface area contributed by atoms with Crippen LogP contribution in [0, 0.1) is 0 Å². The second-order valence-corrected chi connectivity index (χ2v) is 3.18. The van der Waals surface area contributed by atoms with E-state index in [1.165, 1.54) is 18.2 Å². The Bertz CT molecular complexity index is 299. The predicted molar refractivity (Wildman–Crippen MR) is 52.8 cm³/mol. The van der Waals surface area contributed by atoms with Crippen LogP contribution in [-0.4, -0.2) is 23.3 Å². The number of ether oxygens (including phenoxy) is 1. The first kappa shape index (κ1) is 10.1. The van der Waals surface area contributed by atoms with E-state index in [2.05, 4.69) is 15.9 Å². The number of phenols is 1. The summed E-state index contributed by atoms with van der Waals surface area (Å²) in [7, 11) is 0. The maximum absolute atomic E-state index is 10.4. The lowest BCUT2D eigenvalue weighted by atomic mass is 10.2. The Morgan fingerprint density at radius 3 is 2.92 bits per heavy atom. The summed E-state index contributed by atoms with van der Waals surface area (Å²) in [6.45, 7) is 0.454. The summed E-state index contributed by atoms with van der Waals surface area (Å²) < 4.78 is 5.17. The van der Waals surface area contributed by atoms with E-state index in [0.29, 0.717) is 29.5 Å². The van der Waals surface area contributed by atoms with Gasteiger partial charge in [-0.05, 0) is 18.2 Å². The quantitative estimate of drug-likeness (QED) is 0.651. The largest absolute Gasteiger partial charge is 0.504 e. The van der Waals surface area contributed by atoms with Crippen LogP contribution in [0.3, 0.4) is 0 Å². The summed E-state index contributed by atoms with van der Waals surface area (Å²) in [6.07, 6.45) is 0.709. The number of benzene rings is 1. The van der Waals surface area contributed by atoms with Gasteiger partial charge in [0.05, 0.1) is 6.61 Å². The molecule has 1 aromatic rings. The molecule has 0 aliphatic carbocycles. The van der Waals surface area contributed by atoms with Crippen LogP contribution in [0.5, 0.6) is 11.5 Å². The van der Waals surface area contributed by atoms with E-state index < -0.39 is 0 Å². The molecule has 0 radical (unpaired) electrons. The molecule has 70 valence electrons. The van der Waals surface area contributed by atoms with Crippen molar-refractivity contribution < 1.29 is 14.6 Å². The normalized spacial score (nSPS) is 9.62. The highest BCUT2D eigenvalue weighted by Crippen LogP contribution is 2.26. The van der Waals surface area contributed by atoms with Crippen LogP contribution in [-0.2, 0) is 0 Å². The molecule has 3 nitrogen and oxygen atoms in total. The molecule has 4 heteroatoms. The number of alkyl halides is 1. The first-order chi connectivity index (χ1) is 6.27. The molecule has 0 saturated heterocycles. The summed E-state index contributed by atoms with van der Waals surface area (Å²) in [5, 5.41) is 9.98.